The molecule has 3 heteroatoms. The van der Waals surface area contributed by atoms with Crippen LogP contribution in [0.1, 0.15) is 11.1 Å². The van der Waals surface area contributed by atoms with Crippen molar-refractivity contribution in [3.63, 3.8) is 0 Å². The topological polar surface area (TPSA) is 29.3 Å². The van der Waals surface area contributed by atoms with Gasteiger partial charge in [-0.3, -0.25) is 0 Å². The third kappa shape index (κ3) is 1.93. The molecule has 0 spiro atoms. The summed E-state index contributed by atoms with van der Waals surface area (Å²) in [6, 6.07) is 14.9. The van der Waals surface area contributed by atoms with Crippen molar-refractivity contribution in [2.45, 2.75) is 13.0 Å². The maximum atomic E-state index is 5.66. The molecule has 3 rings (SSSR count). The molecule has 0 atom stereocenters. The fourth-order valence-electron chi connectivity index (χ4n) is 2.48. The number of anilines is 2. The third-order valence-electron chi connectivity index (χ3n) is 3.43. The van der Waals surface area contributed by atoms with E-state index < -0.39 is 0 Å². The molecule has 1 aliphatic heterocycles. The van der Waals surface area contributed by atoms with E-state index in [0.29, 0.717) is 6.54 Å². The number of rotatable bonds is 2. The van der Waals surface area contributed by atoms with E-state index in [9.17, 15) is 0 Å². The Morgan fingerprint density at radius 3 is 2.72 bits per heavy atom. The molecule has 1 aliphatic rings. The first-order valence-corrected chi connectivity index (χ1v) is 6.93. The van der Waals surface area contributed by atoms with Crippen molar-refractivity contribution >= 4 is 27.3 Å². The molecule has 18 heavy (non-hydrogen) atoms. The van der Waals surface area contributed by atoms with E-state index in [1.54, 1.807) is 0 Å². The number of benzene rings is 2. The first-order chi connectivity index (χ1) is 8.79. The molecule has 0 saturated carbocycles. The van der Waals surface area contributed by atoms with Crippen LogP contribution in [-0.2, 0) is 13.0 Å². The van der Waals surface area contributed by atoms with Crippen LogP contribution < -0.4 is 10.6 Å². The largest absolute Gasteiger partial charge is 0.340 e. The second-order valence-electron chi connectivity index (χ2n) is 4.52. The molecular weight excluding hydrogens is 288 g/mol. The van der Waals surface area contributed by atoms with Crippen LogP contribution in [0.15, 0.2) is 46.9 Å². The lowest BCUT2D eigenvalue weighted by Crippen LogP contribution is -2.14. The number of halogens is 1. The first kappa shape index (κ1) is 11.8. The van der Waals surface area contributed by atoms with E-state index in [2.05, 4.69) is 63.3 Å². The van der Waals surface area contributed by atoms with Crippen molar-refractivity contribution in [2.75, 3.05) is 11.4 Å². The summed E-state index contributed by atoms with van der Waals surface area (Å²) in [5.41, 5.74) is 10.8. The van der Waals surface area contributed by atoms with Gasteiger partial charge in [-0.25, -0.2) is 0 Å². The summed E-state index contributed by atoms with van der Waals surface area (Å²) in [5, 5.41) is 0. The number of hydrogen-bond acceptors (Lipinski definition) is 2. The van der Waals surface area contributed by atoms with E-state index in [1.807, 2.05) is 0 Å². The highest BCUT2D eigenvalue weighted by Crippen LogP contribution is 2.38. The SMILES string of the molecule is NCc1ccc(N2CCc3ccccc32)c(Br)c1. The Labute approximate surface area is 116 Å². The molecule has 0 unspecified atom stereocenters. The minimum Gasteiger partial charge on any atom is -0.340 e. The highest BCUT2D eigenvalue weighted by Gasteiger charge is 2.21. The first-order valence-electron chi connectivity index (χ1n) is 6.13. The normalized spacial score (nSPS) is 13.8. The van der Waals surface area contributed by atoms with Crippen LogP contribution in [0, 0.1) is 0 Å². The smallest absolute Gasteiger partial charge is 0.0555 e. The zero-order chi connectivity index (χ0) is 12.5. The summed E-state index contributed by atoms with van der Waals surface area (Å²) >= 11 is 3.65. The van der Waals surface area contributed by atoms with Gasteiger partial charge in [0.25, 0.3) is 0 Å². The second-order valence-corrected chi connectivity index (χ2v) is 5.37. The van der Waals surface area contributed by atoms with Crippen LogP contribution in [0.4, 0.5) is 11.4 Å². The van der Waals surface area contributed by atoms with Crippen molar-refractivity contribution in [1.82, 2.24) is 0 Å². The van der Waals surface area contributed by atoms with E-state index >= 15 is 0 Å². The van der Waals surface area contributed by atoms with Gasteiger partial charge in [0.2, 0.25) is 0 Å². The van der Waals surface area contributed by atoms with Crippen molar-refractivity contribution in [3.05, 3.63) is 58.1 Å². The van der Waals surface area contributed by atoms with Gasteiger partial charge in [-0.05, 0) is 51.7 Å². The minimum absolute atomic E-state index is 0.579. The Kier molecular flexibility index (Phi) is 3.10. The van der Waals surface area contributed by atoms with Gasteiger partial charge < -0.3 is 10.6 Å². The molecule has 0 radical (unpaired) electrons. The Hall–Kier alpha value is -1.32. The molecule has 2 aromatic rings. The van der Waals surface area contributed by atoms with Gasteiger partial charge in [0.15, 0.2) is 0 Å². The summed E-state index contributed by atoms with van der Waals surface area (Å²) in [6.07, 6.45) is 1.11. The lowest BCUT2D eigenvalue weighted by atomic mass is 10.1. The zero-order valence-corrected chi connectivity index (χ0v) is 11.7. The summed E-state index contributed by atoms with van der Waals surface area (Å²) in [7, 11) is 0. The van der Waals surface area contributed by atoms with E-state index in [0.717, 1.165) is 23.0 Å². The van der Waals surface area contributed by atoms with E-state index in [-0.39, 0.29) is 0 Å². The fourth-order valence-corrected chi connectivity index (χ4v) is 3.13. The maximum Gasteiger partial charge on any atom is 0.0555 e. The maximum absolute atomic E-state index is 5.66. The highest BCUT2D eigenvalue weighted by atomic mass is 79.9. The molecule has 2 aromatic carbocycles. The standard InChI is InChI=1S/C15H15BrN2/c16-13-9-11(10-17)5-6-15(13)18-8-7-12-3-1-2-4-14(12)18/h1-6,9H,7-8,10,17H2. The van der Waals surface area contributed by atoms with Crippen molar-refractivity contribution in [1.29, 1.82) is 0 Å². The van der Waals surface area contributed by atoms with Gasteiger partial charge >= 0.3 is 0 Å². The number of nitrogens with two attached hydrogens (primary N) is 1. The van der Waals surface area contributed by atoms with Crippen LogP contribution >= 0.6 is 15.9 Å². The number of hydrogen-bond donors (Lipinski definition) is 1. The molecule has 92 valence electrons. The summed E-state index contributed by atoms with van der Waals surface area (Å²) in [6.45, 7) is 1.62. The molecule has 2 N–H and O–H groups in total. The van der Waals surface area contributed by atoms with Gasteiger partial charge in [0, 0.05) is 23.2 Å². The lowest BCUT2D eigenvalue weighted by molar-refractivity contribution is 0.991. The molecule has 0 saturated heterocycles. The molecule has 2 nitrogen and oxygen atoms in total. The van der Waals surface area contributed by atoms with Gasteiger partial charge in [-0.2, -0.15) is 0 Å². The van der Waals surface area contributed by atoms with E-state index in [1.165, 1.54) is 16.9 Å². The average molecular weight is 303 g/mol. The van der Waals surface area contributed by atoms with Gasteiger partial charge in [0.05, 0.1) is 5.69 Å². The lowest BCUT2D eigenvalue weighted by Gasteiger charge is -2.21. The molecule has 0 aliphatic carbocycles. The highest BCUT2D eigenvalue weighted by molar-refractivity contribution is 9.10. The Morgan fingerprint density at radius 1 is 1.11 bits per heavy atom. The molecule has 0 fully saturated rings. The van der Waals surface area contributed by atoms with E-state index in [4.69, 9.17) is 5.73 Å². The minimum atomic E-state index is 0.579. The number of para-hydroxylation sites is 1. The van der Waals surface area contributed by atoms with Crippen molar-refractivity contribution in [2.24, 2.45) is 5.73 Å². The fraction of sp³-hybridized carbons (Fsp3) is 0.200. The van der Waals surface area contributed by atoms with Crippen LogP contribution in [0.3, 0.4) is 0 Å². The van der Waals surface area contributed by atoms with Gasteiger partial charge in [0.1, 0.15) is 0 Å². The van der Waals surface area contributed by atoms with Crippen LogP contribution in [-0.4, -0.2) is 6.54 Å². The average Bonchev–Trinajstić information content (AvgIpc) is 2.82. The summed E-state index contributed by atoms with van der Waals surface area (Å²) in [5.74, 6) is 0. The predicted octanol–water partition coefficient (Wildman–Crippen LogP) is 3.60. The van der Waals surface area contributed by atoms with Gasteiger partial charge in [-0.1, -0.05) is 24.3 Å². The predicted molar refractivity (Wildman–Crippen MR) is 79.2 cm³/mol. The third-order valence-corrected chi connectivity index (χ3v) is 4.06. The Bertz CT molecular complexity index is 580. The van der Waals surface area contributed by atoms with Crippen LogP contribution in [0.5, 0.6) is 0 Å². The van der Waals surface area contributed by atoms with Crippen molar-refractivity contribution in [3.8, 4) is 0 Å². The second kappa shape index (κ2) is 4.75. The Balaban J connectivity index is 2.02. The van der Waals surface area contributed by atoms with Gasteiger partial charge in [-0.15, -0.1) is 0 Å². The van der Waals surface area contributed by atoms with Crippen molar-refractivity contribution < 1.29 is 0 Å². The summed E-state index contributed by atoms with van der Waals surface area (Å²) < 4.78 is 1.11. The number of fused-ring (bicyclic) bond motifs is 1. The molecule has 1 heterocycles. The van der Waals surface area contributed by atoms with Crippen LogP contribution in [0.25, 0.3) is 0 Å². The molecule has 0 amide bonds. The number of nitrogens with zero attached hydrogens (tertiary/aromatic N) is 1. The Morgan fingerprint density at radius 2 is 1.94 bits per heavy atom. The van der Waals surface area contributed by atoms with Crippen LogP contribution in [0.2, 0.25) is 0 Å². The molecule has 0 bridgehead atoms. The monoisotopic (exact) mass is 302 g/mol. The zero-order valence-electron chi connectivity index (χ0n) is 10.1. The molecule has 0 aromatic heterocycles. The summed E-state index contributed by atoms with van der Waals surface area (Å²) in [4.78, 5) is 2.36. The molecular formula is C15H15BrN2. The quantitative estimate of drug-likeness (QED) is 0.918.